The van der Waals surface area contributed by atoms with Gasteiger partial charge in [-0.3, -0.25) is 4.79 Å². The van der Waals surface area contributed by atoms with Crippen molar-refractivity contribution in [3.63, 3.8) is 0 Å². The van der Waals surface area contributed by atoms with Crippen molar-refractivity contribution in [2.75, 3.05) is 7.11 Å². The summed E-state index contributed by atoms with van der Waals surface area (Å²) >= 11 is 0. The first-order valence-electron chi connectivity index (χ1n) is 10.4. The number of hydrogen-bond acceptors (Lipinski definition) is 4. The Labute approximate surface area is 185 Å². The average Bonchev–Trinajstić information content (AvgIpc) is 3.38. The maximum atomic E-state index is 13.1. The van der Waals surface area contributed by atoms with Crippen LogP contribution in [0, 0.1) is 0 Å². The molecule has 1 N–H and O–H groups in total. The van der Waals surface area contributed by atoms with Crippen LogP contribution in [0.5, 0.6) is 5.75 Å². The molecule has 0 radical (unpaired) electrons. The first-order chi connectivity index (χ1) is 15.6. The van der Waals surface area contributed by atoms with Gasteiger partial charge in [0.05, 0.1) is 30.8 Å². The molecule has 0 bridgehead atoms. The average molecular weight is 425 g/mol. The van der Waals surface area contributed by atoms with Gasteiger partial charge in [-0.25, -0.2) is 4.98 Å². The number of nitrogens with one attached hydrogen (secondary N) is 1. The summed E-state index contributed by atoms with van der Waals surface area (Å²) in [5, 5.41) is 4.09. The van der Waals surface area contributed by atoms with E-state index in [2.05, 4.69) is 5.32 Å². The Bertz CT molecular complexity index is 1400. The number of aromatic nitrogens is 2. The number of ether oxygens (including phenoxy) is 1. The summed E-state index contributed by atoms with van der Waals surface area (Å²) in [4.78, 5) is 18.0. The molecule has 1 amide bonds. The van der Waals surface area contributed by atoms with Crippen molar-refractivity contribution in [1.29, 1.82) is 0 Å². The summed E-state index contributed by atoms with van der Waals surface area (Å²) in [6.07, 6.45) is 1.84. The zero-order chi connectivity index (χ0) is 22.1. The highest BCUT2D eigenvalue weighted by Gasteiger charge is 2.23. The van der Waals surface area contributed by atoms with E-state index in [1.54, 1.807) is 13.4 Å². The van der Waals surface area contributed by atoms with Gasteiger partial charge in [0, 0.05) is 24.1 Å². The predicted octanol–water partition coefficient (Wildman–Crippen LogP) is 4.78. The van der Waals surface area contributed by atoms with Gasteiger partial charge >= 0.3 is 0 Å². The van der Waals surface area contributed by atoms with E-state index in [0.717, 1.165) is 33.4 Å². The van der Waals surface area contributed by atoms with Crippen molar-refractivity contribution in [3.05, 3.63) is 96.0 Å². The third kappa shape index (κ3) is 3.60. The van der Waals surface area contributed by atoms with Crippen LogP contribution in [0.25, 0.3) is 22.0 Å². The largest absolute Gasteiger partial charge is 0.497 e. The minimum absolute atomic E-state index is 0.107. The molecule has 5 rings (SSSR count). The Morgan fingerprint density at radius 2 is 1.88 bits per heavy atom. The number of aryl methyl sites for hydroxylation is 1. The zero-order valence-corrected chi connectivity index (χ0v) is 17.9. The topological polar surface area (TPSA) is 69.3 Å². The molecule has 160 valence electrons. The van der Waals surface area contributed by atoms with Crippen LogP contribution in [0.4, 0.5) is 0 Å². The fraction of sp³-hybridized carbons (Fsp3) is 0.154. The van der Waals surface area contributed by atoms with Gasteiger partial charge in [0.2, 0.25) is 5.91 Å². The van der Waals surface area contributed by atoms with Gasteiger partial charge in [0.15, 0.2) is 0 Å². The number of imidazole rings is 1. The molecule has 1 unspecified atom stereocenters. The summed E-state index contributed by atoms with van der Waals surface area (Å²) in [5.74, 6) is 1.39. The lowest BCUT2D eigenvalue weighted by Gasteiger charge is -2.19. The monoisotopic (exact) mass is 425 g/mol. The zero-order valence-electron chi connectivity index (χ0n) is 17.9. The Kier molecular flexibility index (Phi) is 5.11. The second-order valence-corrected chi connectivity index (χ2v) is 7.73. The fourth-order valence-corrected chi connectivity index (χ4v) is 4.08. The van der Waals surface area contributed by atoms with Gasteiger partial charge < -0.3 is 19.0 Å². The van der Waals surface area contributed by atoms with Crippen molar-refractivity contribution in [2.24, 2.45) is 7.05 Å². The van der Waals surface area contributed by atoms with E-state index < -0.39 is 0 Å². The molecule has 6 heteroatoms. The molecule has 2 aromatic heterocycles. The van der Waals surface area contributed by atoms with Gasteiger partial charge in [0.1, 0.15) is 23.2 Å². The number of furan rings is 1. The van der Waals surface area contributed by atoms with E-state index in [9.17, 15) is 4.79 Å². The summed E-state index contributed by atoms with van der Waals surface area (Å²) in [7, 11) is 3.59. The number of amides is 1. The molecular formula is C26H23N3O3. The SMILES string of the molecule is COc1ccc2c(CC(=O)NC(c3ccccc3)c3nc4ccccc4n3C)coc2c1. The number of para-hydroxylation sites is 2. The van der Waals surface area contributed by atoms with E-state index in [1.165, 1.54) is 0 Å². The maximum absolute atomic E-state index is 13.1. The van der Waals surface area contributed by atoms with Crippen LogP contribution in [0.1, 0.15) is 23.0 Å². The Morgan fingerprint density at radius 3 is 2.66 bits per heavy atom. The van der Waals surface area contributed by atoms with Crippen molar-refractivity contribution in [3.8, 4) is 5.75 Å². The molecule has 0 saturated carbocycles. The molecule has 6 nitrogen and oxygen atoms in total. The Hall–Kier alpha value is -4.06. The number of fused-ring (bicyclic) bond motifs is 2. The van der Waals surface area contributed by atoms with Gasteiger partial charge in [-0.1, -0.05) is 42.5 Å². The van der Waals surface area contributed by atoms with E-state index in [4.69, 9.17) is 14.1 Å². The normalized spacial score (nSPS) is 12.2. The highest BCUT2D eigenvalue weighted by molar-refractivity contribution is 5.88. The number of methoxy groups -OCH3 is 1. The Morgan fingerprint density at radius 1 is 1.09 bits per heavy atom. The van der Waals surface area contributed by atoms with Crippen LogP contribution < -0.4 is 10.1 Å². The summed E-state index contributed by atoms with van der Waals surface area (Å²) in [6, 6.07) is 23.1. The minimum Gasteiger partial charge on any atom is -0.497 e. The molecule has 1 atom stereocenters. The fourth-order valence-electron chi connectivity index (χ4n) is 4.08. The first kappa shape index (κ1) is 19.9. The minimum atomic E-state index is -0.376. The number of carbonyl (C=O) groups is 1. The third-order valence-electron chi connectivity index (χ3n) is 5.73. The van der Waals surface area contributed by atoms with Gasteiger partial charge in [-0.05, 0) is 29.8 Å². The van der Waals surface area contributed by atoms with Crippen molar-refractivity contribution in [2.45, 2.75) is 12.5 Å². The molecule has 0 aliphatic carbocycles. The van der Waals surface area contributed by atoms with E-state index in [0.29, 0.717) is 11.3 Å². The smallest absolute Gasteiger partial charge is 0.225 e. The molecular weight excluding hydrogens is 402 g/mol. The summed E-state index contributed by atoms with van der Waals surface area (Å²) in [6.45, 7) is 0. The lowest BCUT2D eigenvalue weighted by Crippen LogP contribution is -2.32. The number of rotatable bonds is 6. The molecule has 0 aliphatic rings. The van der Waals surface area contributed by atoms with Gasteiger partial charge in [-0.15, -0.1) is 0 Å². The number of carbonyl (C=O) groups excluding carboxylic acids is 1. The van der Waals surface area contributed by atoms with E-state index in [-0.39, 0.29) is 18.4 Å². The molecule has 3 aromatic carbocycles. The molecule has 0 fully saturated rings. The second kappa shape index (κ2) is 8.23. The number of benzene rings is 3. The quantitative estimate of drug-likeness (QED) is 0.425. The predicted molar refractivity (Wildman–Crippen MR) is 124 cm³/mol. The first-order valence-corrected chi connectivity index (χ1v) is 10.4. The van der Waals surface area contributed by atoms with E-state index >= 15 is 0 Å². The third-order valence-corrected chi connectivity index (χ3v) is 5.73. The highest BCUT2D eigenvalue weighted by atomic mass is 16.5. The molecule has 0 saturated heterocycles. The number of hydrogen-bond donors (Lipinski definition) is 1. The summed E-state index contributed by atoms with van der Waals surface area (Å²) < 4.78 is 12.9. The van der Waals surface area contributed by atoms with Crippen LogP contribution in [-0.4, -0.2) is 22.6 Å². The highest BCUT2D eigenvalue weighted by Crippen LogP contribution is 2.28. The van der Waals surface area contributed by atoms with Gasteiger partial charge in [0.25, 0.3) is 0 Å². The molecule has 0 spiro atoms. The lowest BCUT2D eigenvalue weighted by molar-refractivity contribution is -0.121. The Balaban J connectivity index is 1.46. The van der Waals surface area contributed by atoms with Crippen molar-refractivity contribution < 1.29 is 13.9 Å². The van der Waals surface area contributed by atoms with Crippen LogP contribution in [0.2, 0.25) is 0 Å². The number of nitrogens with zero attached hydrogens (tertiary/aromatic N) is 2. The van der Waals surface area contributed by atoms with Gasteiger partial charge in [-0.2, -0.15) is 0 Å². The van der Waals surface area contributed by atoms with Crippen molar-refractivity contribution >= 4 is 27.9 Å². The van der Waals surface area contributed by atoms with E-state index in [1.807, 2.05) is 84.4 Å². The maximum Gasteiger partial charge on any atom is 0.225 e. The van der Waals surface area contributed by atoms with Crippen LogP contribution >= 0.6 is 0 Å². The summed E-state index contributed by atoms with van der Waals surface area (Å²) in [5.41, 5.74) is 4.42. The van der Waals surface area contributed by atoms with Crippen LogP contribution in [0.3, 0.4) is 0 Å². The molecule has 5 aromatic rings. The molecule has 2 heterocycles. The van der Waals surface area contributed by atoms with Crippen LogP contribution in [0.15, 0.2) is 83.5 Å². The standard InChI is InChI=1S/C26H23N3O3/c1-29-22-11-7-6-10-21(22)27-26(29)25(17-8-4-3-5-9-17)28-24(30)14-18-16-32-23-15-19(31-2)12-13-20(18)23/h3-13,15-16,25H,14H2,1-2H3,(H,28,30). The lowest BCUT2D eigenvalue weighted by atomic mass is 10.0. The molecule has 0 aliphatic heterocycles. The van der Waals surface area contributed by atoms with Crippen molar-refractivity contribution in [1.82, 2.24) is 14.9 Å². The second-order valence-electron chi connectivity index (χ2n) is 7.73. The molecule has 32 heavy (non-hydrogen) atoms. The van der Waals surface area contributed by atoms with Crippen LogP contribution in [-0.2, 0) is 18.3 Å².